The molecule has 0 N–H and O–H groups in total. The Labute approximate surface area is 103 Å². The molecule has 0 rings (SSSR count). The molecule has 0 saturated heterocycles. The molecule has 0 radical (unpaired) electrons. The van der Waals surface area contributed by atoms with Crippen LogP contribution in [0.3, 0.4) is 0 Å². The Morgan fingerprint density at radius 2 is 1.11 bits per heavy atom. The molecule has 9 heavy (non-hydrogen) atoms. The van der Waals surface area contributed by atoms with Crippen molar-refractivity contribution in [3.8, 4) is 0 Å². The maximum Gasteiger partial charge on any atom is 2.00 e. The van der Waals surface area contributed by atoms with Crippen LogP contribution in [0.2, 0.25) is 19.6 Å². The van der Waals surface area contributed by atoms with Crippen molar-refractivity contribution in [2.75, 3.05) is 0 Å². The zero-order valence-electron chi connectivity index (χ0n) is 5.97. The fourth-order valence-corrected chi connectivity index (χ4v) is 0. The van der Waals surface area contributed by atoms with Gasteiger partial charge in [-0.15, -0.1) is 8.07 Å². The normalized spacial score (nSPS) is 6.67. The van der Waals surface area contributed by atoms with Gasteiger partial charge in [0.15, 0.2) is 0 Å². The van der Waals surface area contributed by atoms with Gasteiger partial charge in [-0.3, -0.25) is 0 Å². The van der Waals surface area contributed by atoms with Crippen molar-refractivity contribution in [3.05, 3.63) is 6.55 Å². The van der Waals surface area contributed by atoms with Crippen LogP contribution in [0.25, 0.3) is 0 Å². The molecule has 0 unspecified atom stereocenters. The van der Waals surface area contributed by atoms with E-state index >= 15 is 0 Å². The van der Waals surface area contributed by atoms with Crippen molar-refractivity contribution < 1.29 is 46.5 Å². The minimum Gasteiger partial charge on any atom is -1.00 e. The number of hydrogen-bond donors (Lipinski definition) is 0. The molecule has 0 aliphatic heterocycles. The van der Waals surface area contributed by atoms with Crippen molar-refractivity contribution >= 4 is 31.1 Å². The standard InChI is InChI=1S/C4H11Si.BrH.ClH.Cu.Mg/c1-5(2,3)4;;;;/h1H2,2-4H3;2*1H;;/q-1;;;+1;+2/p-2. The van der Waals surface area contributed by atoms with Crippen LogP contribution in [0, 0.1) is 6.55 Å². The molecule has 0 aromatic carbocycles. The SMILES string of the molecule is [Br-].[CH2-][Si](C)(C)C.[Cl-].[Cu+].[Mg+2]. The van der Waals surface area contributed by atoms with E-state index in [-0.39, 0.29) is 69.5 Å². The molecule has 0 amide bonds. The fourth-order valence-electron chi connectivity index (χ4n) is 0. The van der Waals surface area contributed by atoms with E-state index in [1.165, 1.54) is 0 Å². The Morgan fingerprint density at radius 3 is 1.11 bits per heavy atom. The van der Waals surface area contributed by atoms with Gasteiger partial charge in [0.1, 0.15) is 0 Å². The monoisotopic (exact) mass is 288 g/mol. The van der Waals surface area contributed by atoms with Crippen LogP contribution in [0.1, 0.15) is 0 Å². The molecule has 0 fully saturated rings. The Hall–Kier alpha value is 2.27. The van der Waals surface area contributed by atoms with Crippen molar-refractivity contribution in [2.24, 2.45) is 0 Å². The van der Waals surface area contributed by atoms with Crippen LogP contribution in [-0.2, 0) is 17.1 Å². The van der Waals surface area contributed by atoms with E-state index in [0.29, 0.717) is 0 Å². The second-order valence-electron chi connectivity index (χ2n) is 2.56. The summed E-state index contributed by atoms with van der Waals surface area (Å²) in [6.45, 7) is 10.6. The number of halogens is 2. The average Bonchev–Trinajstić information content (AvgIpc) is 0.722. The first kappa shape index (κ1) is 30.2. The second-order valence-corrected chi connectivity index (χ2v) is 7.68. The van der Waals surface area contributed by atoms with Crippen LogP contribution in [0.15, 0.2) is 0 Å². The average molecular weight is 290 g/mol. The summed E-state index contributed by atoms with van der Waals surface area (Å²) in [5.41, 5.74) is 0. The van der Waals surface area contributed by atoms with Crippen molar-refractivity contribution in [3.63, 3.8) is 0 Å². The van der Waals surface area contributed by atoms with Gasteiger partial charge in [-0.05, 0) is 0 Å². The predicted molar refractivity (Wildman–Crippen MR) is 34.5 cm³/mol. The molecule has 5 heteroatoms. The van der Waals surface area contributed by atoms with Crippen molar-refractivity contribution in [1.82, 2.24) is 0 Å². The molecule has 0 spiro atoms. The predicted octanol–water partition coefficient (Wildman–Crippen LogP) is -4.68. The summed E-state index contributed by atoms with van der Waals surface area (Å²) in [5.74, 6) is 0. The fraction of sp³-hybridized carbons (Fsp3) is 0.750. The summed E-state index contributed by atoms with van der Waals surface area (Å²) in [6.07, 6.45) is 0. The van der Waals surface area contributed by atoms with Crippen LogP contribution in [0.4, 0.5) is 0 Å². The molecule has 0 heterocycles. The third-order valence-electron chi connectivity index (χ3n) is 0. The van der Waals surface area contributed by atoms with Gasteiger partial charge in [-0.25, -0.2) is 0 Å². The molecule has 0 bridgehead atoms. The maximum absolute atomic E-state index is 3.91. The zero-order valence-corrected chi connectivity index (χ0v) is 11.7. The van der Waals surface area contributed by atoms with Crippen LogP contribution in [0.5, 0.6) is 0 Å². The van der Waals surface area contributed by atoms with Gasteiger partial charge in [0, 0.05) is 0 Å². The summed E-state index contributed by atoms with van der Waals surface area (Å²) >= 11 is 0. The van der Waals surface area contributed by atoms with Crippen LogP contribution in [-0.4, -0.2) is 31.1 Å². The van der Waals surface area contributed by atoms with Gasteiger partial charge in [0.25, 0.3) is 0 Å². The minimum absolute atomic E-state index is 0. The topological polar surface area (TPSA) is 0 Å². The van der Waals surface area contributed by atoms with E-state index in [1.807, 2.05) is 0 Å². The van der Waals surface area contributed by atoms with Crippen LogP contribution < -0.4 is 29.4 Å². The molecule has 0 aliphatic rings. The maximum atomic E-state index is 3.91. The van der Waals surface area contributed by atoms with E-state index < -0.39 is 8.07 Å². The van der Waals surface area contributed by atoms with Crippen molar-refractivity contribution in [1.29, 1.82) is 0 Å². The molecule has 0 saturated carbocycles. The summed E-state index contributed by atoms with van der Waals surface area (Å²) in [7, 11) is -0.861. The van der Waals surface area contributed by atoms with Gasteiger partial charge in [0.05, 0.1) is 0 Å². The van der Waals surface area contributed by atoms with E-state index in [4.69, 9.17) is 0 Å². The smallest absolute Gasteiger partial charge is 1.00 e. The minimum atomic E-state index is -0.861. The Bertz CT molecular complexity index is 36.0. The first-order valence-corrected chi connectivity index (χ1v) is 5.56. The van der Waals surface area contributed by atoms with E-state index in [9.17, 15) is 0 Å². The van der Waals surface area contributed by atoms with Gasteiger partial charge < -0.3 is 35.9 Å². The summed E-state index contributed by atoms with van der Waals surface area (Å²) < 4.78 is 0. The van der Waals surface area contributed by atoms with Gasteiger partial charge in [-0.2, -0.15) is 0 Å². The molecule has 0 aromatic heterocycles. The van der Waals surface area contributed by atoms with Crippen LogP contribution >= 0.6 is 0 Å². The Kier molecular flexibility index (Phi) is 43.4. The summed E-state index contributed by atoms with van der Waals surface area (Å²) in [4.78, 5) is 0. The molecular weight excluding hydrogens is 279 g/mol. The number of rotatable bonds is 0. The van der Waals surface area contributed by atoms with E-state index in [1.54, 1.807) is 0 Å². The third kappa shape index (κ3) is 136. The molecule has 0 atom stereocenters. The van der Waals surface area contributed by atoms with Gasteiger partial charge in [0.2, 0.25) is 0 Å². The first-order chi connectivity index (χ1) is 2.00. The first-order valence-electron chi connectivity index (χ1n) is 1.85. The van der Waals surface area contributed by atoms with E-state index in [0.717, 1.165) is 0 Å². The molecule has 0 aliphatic carbocycles. The third-order valence-corrected chi connectivity index (χ3v) is 0. The summed E-state index contributed by atoms with van der Waals surface area (Å²) in [5, 5.41) is 0. The zero-order chi connectivity index (χ0) is 4.50. The molecule has 58 valence electrons. The molecule has 0 nitrogen and oxygen atoms in total. The van der Waals surface area contributed by atoms with E-state index in [2.05, 4.69) is 26.2 Å². The molecular formula is C4H11BrClCuMgSi. The van der Waals surface area contributed by atoms with Gasteiger partial charge in [-0.1, -0.05) is 19.6 Å². The van der Waals surface area contributed by atoms with Gasteiger partial charge >= 0.3 is 40.1 Å². The molecule has 0 aromatic rings. The Morgan fingerprint density at radius 1 is 1.11 bits per heavy atom. The van der Waals surface area contributed by atoms with Crippen molar-refractivity contribution in [2.45, 2.75) is 19.6 Å². The number of hydrogen-bond acceptors (Lipinski definition) is 0. The largest absolute Gasteiger partial charge is 2.00 e. The Balaban J connectivity index is -0.0000000133. The quantitative estimate of drug-likeness (QED) is 0.311. The summed E-state index contributed by atoms with van der Waals surface area (Å²) in [6, 6.07) is 0. The second kappa shape index (κ2) is 12.9.